The Labute approximate surface area is 113 Å². The second-order valence-corrected chi connectivity index (χ2v) is 5.04. The average molecular weight is 304 g/mol. The molecule has 1 atom stereocenters. The van der Waals surface area contributed by atoms with Gasteiger partial charge in [0, 0.05) is 22.5 Å². The fourth-order valence-electron chi connectivity index (χ4n) is 1.56. The van der Waals surface area contributed by atoms with E-state index >= 15 is 0 Å². The van der Waals surface area contributed by atoms with Gasteiger partial charge in [-0.05, 0) is 36.3 Å². The molecular weight excluding hydrogens is 294 g/mol. The molecule has 90 valence electrons. The maximum absolute atomic E-state index is 10.5. The SMILES string of the molecule is O=[N+]([O-])c1ccc(/C=C/C2=C=C=CC(Br)C2)cc1. The van der Waals surface area contributed by atoms with Crippen LogP contribution in [-0.2, 0) is 0 Å². The fraction of sp³-hybridized carbons (Fsp3) is 0.143. The minimum absolute atomic E-state index is 0.104. The van der Waals surface area contributed by atoms with Crippen LogP contribution in [0.2, 0.25) is 0 Å². The van der Waals surface area contributed by atoms with Crippen LogP contribution >= 0.6 is 15.9 Å². The molecule has 0 aromatic heterocycles. The first-order valence-corrected chi connectivity index (χ1v) is 6.34. The number of alkyl halides is 1. The van der Waals surface area contributed by atoms with Gasteiger partial charge >= 0.3 is 0 Å². The predicted octanol–water partition coefficient (Wildman–Crippen LogP) is 4.01. The van der Waals surface area contributed by atoms with Gasteiger partial charge in [0.25, 0.3) is 5.69 Å². The van der Waals surface area contributed by atoms with Crippen LogP contribution in [0.25, 0.3) is 6.08 Å². The third-order valence-electron chi connectivity index (χ3n) is 2.49. The summed E-state index contributed by atoms with van der Waals surface area (Å²) in [6, 6.07) is 6.45. The van der Waals surface area contributed by atoms with Crippen LogP contribution in [0.15, 0.2) is 53.5 Å². The normalized spacial score (nSPS) is 18.1. The number of nitro benzene ring substituents is 1. The molecule has 0 amide bonds. The van der Waals surface area contributed by atoms with E-state index in [0.29, 0.717) is 4.83 Å². The van der Waals surface area contributed by atoms with E-state index in [0.717, 1.165) is 17.6 Å². The van der Waals surface area contributed by atoms with Gasteiger partial charge in [0.05, 0.1) is 4.92 Å². The summed E-state index contributed by atoms with van der Waals surface area (Å²) in [5, 5.41) is 10.5. The van der Waals surface area contributed by atoms with Crippen molar-refractivity contribution in [1.29, 1.82) is 0 Å². The van der Waals surface area contributed by atoms with Gasteiger partial charge in [-0.1, -0.05) is 33.5 Å². The zero-order valence-corrected chi connectivity index (χ0v) is 11.1. The monoisotopic (exact) mass is 303 g/mol. The maximum atomic E-state index is 10.5. The second-order valence-electron chi connectivity index (χ2n) is 3.86. The highest BCUT2D eigenvalue weighted by molar-refractivity contribution is 9.09. The zero-order chi connectivity index (χ0) is 13.0. The summed E-state index contributed by atoms with van der Waals surface area (Å²) < 4.78 is 0. The first kappa shape index (κ1) is 12.6. The molecule has 1 aliphatic rings. The summed E-state index contributed by atoms with van der Waals surface area (Å²) in [7, 11) is 0. The summed E-state index contributed by atoms with van der Waals surface area (Å²) in [4.78, 5) is 10.4. The number of non-ortho nitro benzene ring substituents is 1. The Bertz CT molecular complexity index is 589. The largest absolute Gasteiger partial charge is 0.269 e. The number of allylic oxidation sites excluding steroid dienone is 3. The summed E-state index contributed by atoms with van der Waals surface area (Å²) in [6.45, 7) is 0. The maximum Gasteiger partial charge on any atom is 0.269 e. The number of nitro groups is 1. The number of halogens is 1. The fourth-order valence-corrected chi connectivity index (χ4v) is 2.04. The Hall–Kier alpha value is -1.86. The van der Waals surface area contributed by atoms with Crippen LogP contribution < -0.4 is 0 Å². The molecule has 4 heteroatoms. The van der Waals surface area contributed by atoms with E-state index < -0.39 is 4.92 Å². The molecular formula is C14H10BrNO2. The van der Waals surface area contributed by atoms with Gasteiger partial charge in [-0.15, -0.1) is 0 Å². The lowest BCUT2D eigenvalue weighted by Crippen LogP contribution is -1.95. The molecule has 0 spiro atoms. The predicted molar refractivity (Wildman–Crippen MR) is 74.6 cm³/mol. The van der Waals surface area contributed by atoms with Crippen LogP contribution in [0.5, 0.6) is 0 Å². The number of hydrogen-bond acceptors (Lipinski definition) is 2. The summed E-state index contributed by atoms with van der Waals surface area (Å²) in [5.41, 5.74) is 8.06. The van der Waals surface area contributed by atoms with Crippen LogP contribution in [0.4, 0.5) is 5.69 Å². The van der Waals surface area contributed by atoms with Gasteiger partial charge in [-0.3, -0.25) is 10.1 Å². The van der Waals surface area contributed by atoms with E-state index in [-0.39, 0.29) is 5.69 Å². The molecule has 1 unspecified atom stereocenters. The quantitative estimate of drug-likeness (QED) is 0.366. The minimum Gasteiger partial charge on any atom is -0.258 e. The third-order valence-corrected chi connectivity index (χ3v) is 3.08. The molecule has 0 saturated carbocycles. The molecule has 2 rings (SSSR count). The molecule has 0 bridgehead atoms. The number of benzene rings is 1. The number of nitrogens with zero attached hydrogens (tertiary/aromatic N) is 1. The lowest BCUT2D eigenvalue weighted by molar-refractivity contribution is -0.384. The Morgan fingerprint density at radius 3 is 2.67 bits per heavy atom. The zero-order valence-electron chi connectivity index (χ0n) is 9.47. The van der Waals surface area contributed by atoms with Crippen molar-refractivity contribution in [2.75, 3.05) is 0 Å². The van der Waals surface area contributed by atoms with Gasteiger partial charge in [-0.2, -0.15) is 0 Å². The van der Waals surface area contributed by atoms with E-state index in [1.54, 1.807) is 12.1 Å². The van der Waals surface area contributed by atoms with Crippen LogP contribution in [0, 0.1) is 10.1 Å². The summed E-state index contributed by atoms with van der Waals surface area (Å²) in [6.07, 6.45) is 6.66. The van der Waals surface area contributed by atoms with Gasteiger partial charge in [0.2, 0.25) is 0 Å². The van der Waals surface area contributed by atoms with Crippen molar-refractivity contribution in [1.82, 2.24) is 0 Å². The van der Waals surface area contributed by atoms with Crippen LogP contribution in [0.3, 0.4) is 0 Å². The lowest BCUT2D eigenvalue weighted by Gasteiger charge is -2.04. The molecule has 3 nitrogen and oxygen atoms in total. The topological polar surface area (TPSA) is 43.1 Å². The molecule has 1 aromatic rings. The Morgan fingerprint density at radius 2 is 2.06 bits per heavy atom. The first-order valence-electron chi connectivity index (χ1n) is 5.42. The Kier molecular flexibility index (Phi) is 3.96. The highest BCUT2D eigenvalue weighted by atomic mass is 79.9. The molecule has 0 aliphatic heterocycles. The molecule has 1 aliphatic carbocycles. The van der Waals surface area contributed by atoms with E-state index in [1.807, 2.05) is 18.2 Å². The van der Waals surface area contributed by atoms with E-state index in [1.165, 1.54) is 12.1 Å². The Balaban J connectivity index is 2.13. The first-order chi connectivity index (χ1) is 8.65. The molecule has 18 heavy (non-hydrogen) atoms. The molecule has 0 saturated heterocycles. The average Bonchev–Trinajstić information content (AvgIpc) is 2.37. The lowest BCUT2D eigenvalue weighted by atomic mass is 10.1. The number of rotatable bonds is 3. The standard InChI is InChI=1S/C14H10BrNO2/c15-13-3-1-2-12(10-13)5-4-11-6-8-14(9-7-11)16(17)18/h3-9,13H,10H2/b5-4+. The highest BCUT2D eigenvalue weighted by Crippen LogP contribution is 2.18. The molecule has 0 N–H and O–H groups in total. The Morgan fingerprint density at radius 1 is 1.33 bits per heavy atom. The van der Waals surface area contributed by atoms with Crippen molar-refractivity contribution in [2.24, 2.45) is 0 Å². The third kappa shape index (κ3) is 3.31. The minimum atomic E-state index is -0.403. The highest BCUT2D eigenvalue weighted by Gasteiger charge is 2.05. The van der Waals surface area contributed by atoms with E-state index in [2.05, 4.69) is 27.4 Å². The van der Waals surface area contributed by atoms with Gasteiger partial charge in [0.15, 0.2) is 0 Å². The van der Waals surface area contributed by atoms with Crippen molar-refractivity contribution in [2.45, 2.75) is 11.2 Å². The molecule has 1 aromatic carbocycles. The smallest absolute Gasteiger partial charge is 0.258 e. The number of hydrogen-bond donors (Lipinski definition) is 0. The van der Waals surface area contributed by atoms with Gasteiger partial charge in [-0.25, -0.2) is 0 Å². The molecule has 0 heterocycles. The van der Waals surface area contributed by atoms with Crippen molar-refractivity contribution >= 4 is 27.7 Å². The summed E-state index contributed by atoms with van der Waals surface area (Å²) >= 11 is 3.49. The van der Waals surface area contributed by atoms with E-state index in [9.17, 15) is 10.1 Å². The van der Waals surface area contributed by atoms with Crippen LogP contribution in [0.1, 0.15) is 12.0 Å². The van der Waals surface area contributed by atoms with Crippen molar-refractivity contribution in [3.05, 3.63) is 69.1 Å². The molecule has 0 radical (unpaired) electrons. The van der Waals surface area contributed by atoms with Crippen LogP contribution in [-0.4, -0.2) is 9.75 Å². The van der Waals surface area contributed by atoms with Crippen molar-refractivity contribution in [3.8, 4) is 0 Å². The van der Waals surface area contributed by atoms with Crippen molar-refractivity contribution < 1.29 is 4.92 Å². The summed E-state index contributed by atoms with van der Waals surface area (Å²) in [5.74, 6) is 0. The van der Waals surface area contributed by atoms with Gasteiger partial charge in [0.1, 0.15) is 0 Å². The van der Waals surface area contributed by atoms with Crippen molar-refractivity contribution in [3.63, 3.8) is 0 Å². The van der Waals surface area contributed by atoms with Gasteiger partial charge < -0.3 is 0 Å². The van der Waals surface area contributed by atoms with E-state index in [4.69, 9.17) is 0 Å². The molecule has 0 fully saturated rings. The second kappa shape index (κ2) is 5.65.